The second-order valence-corrected chi connectivity index (χ2v) is 6.86. The SMILES string of the molecule is CC(C)C(=O)N1CCC(C(=O)NCCc2cccc(Cl)c2)CC1. The normalized spacial score (nSPS) is 15.7. The van der Waals surface area contributed by atoms with Crippen LogP contribution in [0.25, 0.3) is 0 Å². The van der Waals surface area contributed by atoms with Gasteiger partial charge in [-0.2, -0.15) is 0 Å². The zero-order valence-corrected chi connectivity index (χ0v) is 14.6. The van der Waals surface area contributed by atoms with Gasteiger partial charge in [0, 0.05) is 36.5 Å². The molecule has 1 aromatic carbocycles. The Kier molecular flexibility index (Phi) is 6.46. The predicted octanol–water partition coefficient (Wildman–Crippen LogP) is 2.89. The third-order valence-corrected chi connectivity index (χ3v) is 4.51. The molecule has 1 heterocycles. The van der Waals surface area contributed by atoms with Crippen LogP contribution in [-0.2, 0) is 16.0 Å². The van der Waals surface area contributed by atoms with E-state index in [4.69, 9.17) is 11.6 Å². The summed E-state index contributed by atoms with van der Waals surface area (Å²) < 4.78 is 0. The fourth-order valence-corrected chi connectivity index (χ4v) is 3.11. The molecule has 0 radical (unpaired) electrons. The molecule has 23 heavy (non-hydrogen) atoms. The molecule has 0 bridgehead atoms. The molecule has 1 fully saturated rings. The molecule has 2 amide bonds. The standard InChI is InChI=1S/C18H25ClN2O2/c1-13(2)18(23)21-10-7-15(8-11-21)17(22)20-9-6-14-4-3-5-16(19)12-14/h3-5,12-13,15H,6-11H2,1-2H3,(H,20,22). The number of benzene rings is 1. The van der Waals surface area contributed by atoms with E-state index in [1.54, 1.807) is 0 Å². The molecule has 0 saturated carbocycles. The molecule has 0 aromatic heterocycles. The topological polar surface area (TPSA) is 49.4 Å². The van der Waals surface area contributed by atoms with Crippen molar-refractivity contribution in [1.29, 1.82) is 0 Å². The van der Waals surface area contributed by atoms with Gasteiger partial charge in [-0.25, -0.2) is 0 Å². The number of halogens is 1. The van der Waals surface area contributed by atoms with Crippen molar-refractivity contribution in [1.82, 2.24) is 10.2 Å². The lowest BCUT2D eigenvalue weighted by Gasteiger charge is -2.32. The van der Waals surface area contributed by atoms with Gasteiger partial charge < -0.3 is 10.2 Å². The molecular weight excluding hydrogens is 312 g/mol. The second kappa shape index (κ2) is 8.34. The number of carbonyl (C=O) groups excluding carboxylic acids is 2. The highest BCUT2D eigenvalue weighted by atomic mass is 35.5. The summed E-state index contributed by atoms with van der Waals surface area (Å²) >= 11 is 5.95. The van der Waals surface area contributed by atoms with Crippen LogP contribution in [0.15, 0.2) is 24.3 Å². The first-order valence-corrected chi connectivity index (χ1v) is 8.66. The first kappa shape index (κ1) is 17.8. The molecule has 126 valence electrons. The first-order chi connectivity index (χ1) is 11.0. The van der Waals surface area contributed by atoms with Gasteiger partial charge in [0.2, 0.25) is 11.8 Å². The van der Waals surface area contributed by atoms with E-state index in [1.165, 1.54) is 0 Å². The molecule has 4 nitrogen and oxygen atoms in total. The molecule has 1 aliphatic heterocycles. The minimum absolute atomic E-state index is 0.0190. The number of piperidine rings is 1. The minimum atomic E-state index is 0.0190. The van der Waals surface area contributed by atoms with Crippen LogP contribution in [0.3, 0.4) is 0 Å². The van der Waals surface area contributed by atoms with E-state index in [0.29, 0.717) is 19.6 Å². The summed E-state index contributed by atoms with van der Waals surface area (Å²) in [5.41, 5.74) is 1.12. The lowest BCUT2D eigenvalue weighted by atomic mass is 9.95. The molecule has 1 aliphatic rings. The maximum absolute atomic E-state index is 12.2. The number of hydrogen-bond donors (Lipinski definition) is 1. The molecular formula is C18H25ClN2O2. The summed E-state index contributed by atoms with van der Waals surface area (Å²) in [5, 5.41) is 3.72. The van der Waals surface area contributed by atoms with Crippen LogP contribution < -0.4 is 5.32 Å². The van der Waals surface area contributed by atoms with E-state index in [1.807, 2.05) is 43.0 Å². The van der Waals surface area contributed by atoms with E-state index in [0.717, 1.165) is 29.8 Å². The Morgan fingerprint density at radius 3 is 2.61 bits per heavy atom. The third kappa shape index (κ3) is 5.24. The summed E-state index contributed by atoms with van der Waals surface area (Å²) in [7, 11) is 0. The number of carbonyl (C=O) groups is 2. The maximum atomic E-state index is 12.2. The molecule has 1 aromatic rings. The fourth-order valence-electron chi connectivity index (χ4n) is 2.89. The number of rotatable bonds is 5. The average molecular weight is 337 g/mol. The van der Waals surface area contributed by atoms with Gasteiger partial charge in [0.05, 0.1) is 0 Å². The molecule has 0 atom stereocenters. The number of hydrogen-bond acceptors (Lipinski definition) is 2. The summed E-state index contributed by atoms with van der Waals surface area (Å²) in [5.74, 6) is 0.331. The molecule has 0 spiro atoms. The van der Waals surface area contributed by atoms with Gasteiger partial charge in [-0.3, -0.25) is 9.59 Å². The summed E-state index contributed by atoms with van der Waals surface area (Å²) in [6, 6.07) is 7.69. The summed E-state index contributed by atoms with van der Waals surface area (Å²) in [4.78, 5) is 26.0. The highest BCUT2D eigenvalue weighted by Crippen LogP contribution is 2.19. The number of likely N-dealkylation sites (tertiary alicyclic amines) is 1. The highest BCUT2D eigenvalue weighted by Gasteiger charge is 2.27. The van der Waals surface area contributed by atoms with E-state index in [-0.39, 0.29) is 23.7 Å². The number of amides is 2. The Bertz CT molecular complexity index is 552. The first-order valence-electron chi connectivity index (χ1n) is 8.28. The monoisotopic (exact) mass is 336 g/mol. The predicted molar refractivity (Wildman–Crippen MR) is 92.3 cm³/mol. The number of nitrogens with zero attached hydrogens (tertiary/aromatic N) is 1. The molecule has 0 unspecified atom stereocenters. The molecule has 1 saturated heterocycles. The Morgan fingerprint density at radius 1 is 1.30 bits per heavy atom. The zero-order chi connectivity index (χ0) is 16.8. The van der Waals surface area contributed by atoms with Gasteiger partial charge in [0.15, 0.2) is 0 Å². The fraction of sp³-hybridized carbons (Fsp3) is 0.556. The van der Waals surface area contributed by atoms with Crippen molar-refractivity contribution in [3.63, 3.8) is 0 Å². The van der Waals surface area contributed by atoms with E-state index in [2.05, 4.69) is 5.32 Å². The van der Waals surface area contributed by atoms with Crippen molar-refractivity contribution < 1.29 is 9.59 Å². The van der Waals surface area contributed by atoms with Crippen LogP contribution in [0, 0.1) is 11.8 Å². The largest absolute Gasteiger partial charge is 0.356 e. The second-order valence-electron chi connectivity index (χ2n) is 6.43. The van der Waals surface area contributed by atoms with Crippen molar-refractivity contribution in [2.45, 2.75) is 33.1 Å². The van der Waals surface area contributed by atoms with Crippen LogP contribution in [-0.4, -0.2) is 36.3 Å². The van der Waals surface area contributed by atoms with Crippen LogP contribution in [0.5, 0.6) is 0 Å². The molecule has 5 heteroatoms. The van der Waals surface area contributed by atoms with Crippen LogP contribution >= 0.6 is 11.6 Å². The van der Waals surface area contributed by atoms with Gasteiger partial charge >= 0.3 is 0 Å². The third-order valence-electron chi connectivity index (χ3n) is 4.27. The minimum Gasteiger partial charge on any atom is -0.356 e. The van der Waals surface area contributed by atoms with Crippen LogP contribution in [0.2, 0.25) is 5.02 Å². The van der Waals surface area contributed by atoms with Crippen molar-refractivity contribution >= 4 is 23.4 Å². The zero-order valence-electron chi connectivity index (χ0n) is 13.8. The van der Waals surface area contributed by atoms with Gasteiger partial charge in [-0.15, -0.1) is 0 Å². The highest BCUT2D eigenvalue weighted by molar-refractivity contribution is 6.30. The van der Waals surface area contributed by atoms with Crippen molar-refractivity contribution in [3.8, 4) is 0 Å². The lowest BCUT2D eigenvalue weighted by Crippen LogP contribution is -2.44. The van der Waals surface area contributed by atoms with Gasteiger partial charge in [0.25, 0.3) is 0 Å². The van der Waals surface area contributed by atoms with Crippen molar-refractivity contribution in [2.24, 2.45) is 11.8 Å². The van der Waals surface area contributed by atoms with E-state index < -0.39 is 0 Å². The van der Waals surface area contributed by atoms with Gasteiger partial charge in [0.1, 0.15) is 0 Å². The molecule has 2 rings (SSSR count). The Labute approximate surface area is 143 Å². The maximum Gasteiger partial charge on any atom is 0.225 e. The smallest absolute Gasteiger partial charge is 0.225 e. The van der Waals surface area contributed by atoms with Gasteiger partial charge in [-0.1, -0.05) is 37.6 Å². The number of nitrogens with one attached hydrogen (secondary N) is 1. The van der Waals surface area contributed by atoms with E-state index in [9.17, 15) is 9.59 Å². The summed E-state index contributed by atoms with van der Waals surface area (Å²) in [6.07, 6.45) is 2.28. The lowest BCUT2D eigenvalue weighted by molar-refractivity contribution is -0.138. The average Bonchev–Trinajstić information content (AvgIpc) is 2.54. The van der Waals surface area contributed by atoms with Crippen LogP contribution in [0.1, 0.15) is 32.3 Å². The molecule has 1 N–H and O–H groups in total. The summed E-state index contributed by atoms with van der Waals surface area (Å²) in [6.45, 7) is 5.81. The van der Waals surface area contributed by atoms with Crippen molar-refractivity contribution in [2.75, 3.05) is 19.6 Å². The molecule has 0 aliphatic carbocycles. The Hall–Kier alpha value is -1.55. The Balaban J connectivity index is 1.72. The van der Waals surface area contributed by atoms with Gasteiger partial charge in [-0.05, 0) is 37.0 Å². The Morgan fingerprint density at radius 2 is 2.00 bits per heavy atom. The van der Waals surface area contributed by atoms with E-state index >= 15 is 0 Å². The quantitative estimate of drug-likeness (QED) is 0.898. The van der Waals surface area contributed by atoms with Crippen molar-refractivity contribution in [3.05, 3.63) is 34.9 Å². The van der Waals surface area contributed by atoms with Crippen LogP contribution in [0.4, 0.5) is 0 Å².